The van der Waals surface area contributed by atoms with Crippen molar-refractivity contribution in [2.75, 3.05) is 0 Å². The summed E-state index contributed by atoms with van der Waals surface area (Å²) in [5, 5.41) is 3.22. The van der Waals surface area contributed by atoms with Crippen LogP contribution in [0.4, 0.5) is 0 Å². The molecular formula is C13H24N2O3S. The molecule has 0 radical (unpaired) electrons. The van der Waals surface area contributed by atoms with Crippen LogP contribution < -0.4 is 10.0 Å². The Labute approximate surface area is 115 Å². The van der Waals surface area contributed by atoms with Crippen molar-refractivity contribution in [3.05, 3.63) is 17.9 Å². The summed E-state index contributed by atoms with van der Waals surface area (Å²) in [6, 6.07) is 3.07. The van der Waals surface area contributed by atoms with Crippen LogP contribution >= 0.6 is 0 Å². The second-order valence-electron chi connectivity index (χ2n) is 5.75. The van der Waals surface area contributed by atoms with Crippen LogP contribution in [0.25, 0.3) is 0 Å². The van der Waals surface area contributed by atoms with Gasteiger partial charge in [-0.05, 0) is 46.2 Å². The number of sulfonamides is 1. The Balaban J connectivity index is 2.74. The van der Waals surface area contributed by atoms with E-state index in [1.54, 1.807) is 6.07 Å². The molecule has 5 nitrogen and oxygen atoms in total. The zero-order valence-corrected chi connectivity index (χ0v) is 13.1. The highest BCUT2D eigenvalue weighted by molar-refractivity contribution is 7.89. The Bertz CT molecular complexity index is 500. The van der Waals surface area contributed by atoms with Crippen molar-refractivity contribution in [2.45, 2.75) is 64.3 Å². The minimum Gasteiger partial charge on any atom is -0.447 e. The maximum Gasteiger partial charge on any atom is 0.274 e. The van der Waals surface area contributed by atoms with E-state index in [1.807, 2.05) is 34.6 Å². The molecule has 0 bridgehead atoms. The summed E-state index contributed by atoms with van der Waals surface area (Å²) in [4.78, 5) is 0. The summed E-state index contributed by atoms with van der Waals surface area (Å²) >= 11 is 0. The van der Waals surface area contributed by atoms with Gasteiger partial charge in [-0.1, -0.05) is 6.92 Å². The van der Waals surface area contributed by atoms with Crippen molar-refractivity contribution >= 4 is 10.0 Å². The summed E-state index contributed by atoms with van der Waals surface area (Å²) in [6.45, 7) is 10.4. The van der Waals surface area contributed by atoms with E-state index in [9.17, 15) is 8.42 Å². The average molecular weight is 288 g/mol. The fraction of sp³-hybridized carbons (Fsp3) is 0.692. The van der Waals surface area contributed by atoms with Crippen LogP contribution in [0.15, 0.2) is 21.6 Å². The first-order valence-corrected chi connectivity index (χ1v) is 7.98. The first-order valence-electron chi connectivity index (χ1n) is 6.50. The van der Waals surface area contributed by atoms with Gasteiger partial charge in [0.1, 0.15) is 5.76 Å². The SMILES string of the molecule is CCC(C)NS(=O)(=O)c1ccc(CNC(C)(C)C)o1. The van der Waals surface area contributed by atoms with Crippen molar-refractivity contribution in [3.8, 4) is 0 Å². The predicted octanol–water partition coefficient (Wildman–Crippen LogP) is 2.24. The summed E-state index contributed by atoms with van der Waals surface area (Å²) in [5.74, 6) is 0.611. The molecule has 0 aliphatic rings. The topological polar surface area (TPSA) is 71.3 Å². The van der Waals surface area contributed by atoms with E-state index < -0.39 is 10.0 Å². The molecule has 0 aliphatic carbocycles. The van der Waals surface area contributed by atoms with E-state index in [0.717, 1.165) is 6.42 Å². The number of furan rings is 1. The molecule has 110 valence electrons. The van der Waals surface area contributed by atoms with Gasteiger partial charge >= 0.3 is 0 Å². The maximum atomic E-state index is 12.0. The number of nitrogens with one attached hydrogen (secondary N) is 2. The van der Waals surface area contributed by atoms with Crippen LogP contribution in [-0.4, -0.2) is 20.0 Å². The normalized spacial score (nSPS) is 14.6. The minimum atomic E-state index is -3.55. The van der Waals surface area contributed by atoms with E-state index in [0.29, 0.717) is 12.3 Å². The Kier molecular flexibility index (Phi) is 5.18. The van der Waals surface area contributed by atoms with Crippen molar-refractivity contribution in [1.82, 2.24) is 10.0 Å². The molecule has 1 aromatic rings. The van der Waals surface area contributed by atoms with Crippen LogP contribution in [0.2, 0.25) is 0 Å². The van der Waals surface area contributed by atoms with Crippen LogP contribution in [-0.2, 0) is 16.6 Å². The maximum absolute atomic E-state index is 12.0. The Hall–Kier alpha value is -0.850. The molecule has 0 amide bonds. The third-order valence-corrected chi connectivity index (χ3v) is 4.13. The van der Waals surface area contributed by atoms with Crippen molar-refractivity contribution in [3.63, 3.8) is 0 Å². The van der Waals surface area contributed by atoms with E-state index in [1.165, 1.54) is 6.07 Å². The number of hydrogen-bond donors (Lipinski definition) is 2. The van der Waals surface area contributed by atoms with Gasteiger partial charge in [-0.25, -0.2) is 13.1 Å². The highest BCUT2D eigenvalue weighted by atomic mass is 32.2. The molecule has 1 atom stereocenters. The number of rotatable bonds is 6. The largest absolute Gasteiger partial charge is 0.447 e. The third kappa shape index (κ3) is 5.34. The summed E-state index contributed by atoms with van der Waals surface area (Å²) in [6.07, 6.45) is 0.734. The van der Waals surface area contributed by atoms with Crippen LogP contribution in [0.5, 0.6) is 0 Å². The second kappa shape index (κ2) is 6.07. The zero-order chi connectivity index (χ0) is 14.7. The molecule has 0 aliphatic heterocycles. The first kappa shape index (κ1) is 16.2. The van der Waals surface area contributed by atoms with Gasteiger partial charge in [0, 0.05) is 11.6 Å². The average Bonchev–Trinajstić information content (AvgIpc) is 2.74. The van der Waals surface area contributed by atoms with E-state index in [2.05, 4.69) is 10.0 Å². The predicted molar refractivity (Wildman–Crippen MR) is 75.4 cm³/mol. The van der Waals surface area contributed by atoms with Gasteiger partial charge in [-0.3, -0.25) is 0 Å². The van der Waals surface area contributed by atoms with Gasteiger partial charge in [-0.15, -0.1) is 0 Å². The monoisotopic (exact) mass is 288 g/mol. The van der Waals surface area contributed by atoms with Crippen LogP contribution in [0.3, 0.4) is 0 Å². The van der Waals surface area contributed by atoms with Gasteiger partial charge in [-0.2, -0.15) is 0 Å². The molecule has 0 spiro atoms. The molecule has 1 aromatic heterocycles. The smallest absolute Gasteiger partial charge is 0.274 e. The summed E-state index contributed by atoms with van der Waals surface area (Å²) in [7, 11) is -3.55. The molecule has 1 rings (SSSR count). The van der Waals surface area contributed by atoms with Crippen molar-refractivity contribution in [1.29, 1.82) is 0 Å². The molecule has 0 saturated carbocycles. The van der Waals surface area contributed by atoms with Gasteiger partial charge in [0.2, 0.25) is 5.09 Å². The minimum absolute atomic E-state index is 0.0292. The summed E-state index contributed by atoms with van der Waals surface area (Å²) in [5.41, 5.74) is -0.0409. The second-order valence-corrected chi connectivity index (χ2v) is 7.40. The lowest BCUT2D eigenvalue weighted by Gasteiger charge is -2.19. The first-order chi connectivity index (χ1) is 8.64. The third-order valence-electron chi connectivity index (χ3n) is 2.66. The molecule has 1 heterocycles. The molecule has 6 heteroatoms. The van der Waals surface area contributed by atoms with Crippen molar-refractivity contribution in [2.24, 2.45) is 0 Å². The quantitative estimate of drug-likeness (QED) is 0.842. The molecule has 0 aromatic carbocycles. The lowest BCUT2D eigenvalue weighted by molar-refractivity contribution is 0.358. The Morgan fingerprint density at radius 1 is 1.32 bits per heavy atom. The van der Waals surface area contributed by atoms with Gasteiger partial charge in [0.25, 0.3) is 10.0 Å². The van der Waals surface area contributed by atoms with E-state index in [4.69, 9.17) is 4.42 Å². The lowest BCUT2D eigenvalue weighted by Crippen LogP contribution is -2.35. The fourth-order valence-corrected chi connectivity index (χ4v) is 2.63. The van der Waals surface area contributed by atoms with Crippen LogP contribution in [0, 0.1) is 0 Å². The zero-order valence-electron chi connectivity index (χ0n) is 12.3. The standard InChI is InChI=1S/C13H24N2O3S/c1-6-10(2)15-19(16,17)12-8-7-11(18-12)9-14-13(3,4)5/h7-8,10,14-15H,6,9H2,1-5H3. The highest BCUT2D eigenvalue weighted by Crippen LogP contribution is 2.15. The van der Waals surface area contributed by atoms with Crippen molar-refractivity contribution < 1.29 is 12.8 Å². The molecular weight excluding hydrogens is 264 g/mol. The fourth-order valence-electron chi connectivity index (χ4n) is 1.36. The number of hydrogen-bond acceptors (Lipinski definition) is 4. The van der Waals surface area contributed by atoms with E-state index >= 15 is 0 Å². The molecule has 1 unspecified atom stereocenters. The van der Waals surface area contributed by atoms with Gasteiger partial charge < -0.3 is 9.73 Å². The van der Waals surface area contributed by atoms with E-state index in [-0.39, 0.29) is 16.7 Å². The van der Waals surface area contributed by atoms with Gasteiger partial charge in [0.05, 0.1) is 6.54 Å². The molecule has 0 saturated heterocycles. The summed E-state index contributed by atoms with van der Waals surface area (Å²) < 4.78 is 31.9. The highest BCUT2D eigenvalue weighted by Gasteiger charge is 2.21. The molecule has 0 fully saturated rings. The van der Waals surface area contributed by atoms with Gasteiger partial charge in [0.15, 0.2) is 0 Å². The Morgan fingerprint density at radius 3 is 2.47 bits per heavy atom. The Morgan fingerprint density at radius 2 is 1.95 bits per heavy atom. The molecule has 2 N–H and O–H groups in total. The molecule has 19 heavy (non-hydrogen) atoms. The van der Waals surface area contributed by atoms with Crippen LogP contribution in [0.1, 0.15) is 46.8 Å². The lowest BCUT2D eigenvalue weighted by atomic mass is 10.1.